The third kappa shape index (κ3) is 5.90. The summed E-state index contributed by atoms with van der Waals surface area (Å²) in [5.41, 5.74) is 2.14. The summed E-state index contributed by atoms with van der Waals surface area (Å²) in [6, 6.07) is 6.26. The molecule has 2 fully saturated rings. The minimum Gasteiger partial charge on any atom is -0.379 e. The van der Waals surface area contributed by atoms with Crippen molar-refractivity contribution in [3.05, 3.63) is 27.3 Å². The van der Waals surface area contributed by atoms with Crippen molar-refractivity contribution in [2.45, 2.75) is 6.92 Å². The summed E-state index contributed by atoms with van der Waals surface area (Å²) in [6.07, 6.45) is 0. The Hall–Kier alpha value is -1.76. The van der Waals surface area contributed by atoms with Crippen LogP contribution in [0, 0.1) is 10.5 Å². The van der Waals surface area contributed by atoms with Crippen LogP contribution in [0.2, 0.25) is 0 Å². The number of rotatable bonds is 7. The van der Waals surface area contributed by atoms with Crippen molar-refractivity contribution < 1.29 is 9.47 Å². The summed E-state index contributed by atoms with van der Waals surface area (Å²) in [5, 5.41) is 6.75. The topological polar surface area (TPSA) is 87.7 Å². The summed E-state index contributed by atoms with van der Waals surface area (Å²) in [5.74, 6) is 1.81. The van der Waals surface area contributed by atoms with Crippen molar-refractivity contribution in [2.24, 2.45) is 0 Å². The van der Waals surface area contributed by atoms with Gasteiger partial charge in [-0.3, -0.25) is 4.90 Å². The third-order valence-electron chi connectivity index (χ3n) is 5.17. The first kappa shape index (κ1) is 21.5. The zero-order valence-corrected chi connectivity index (χ0v) is 19.4. The number of morpholine rings is 2. The van der Waals surface area contributed by atoms with Gasteiger partial charge in [0.05, 0.1) is 26.4 Å². The minimum absolute atomic E-state index is 0.546. The maximum absolute atomic E-state index is 5.48. The lowest BCUT2D eigenvalue weighted by molar-refractivity contribution is 0.0398. The van der Waals surface area contributed by atoms with Gasteiger partial charge in [0.1, 0.15) is 0 Å². The number of halogens is 1. The van der Waals surface area contributed by atoms with E-state index in [4.69, 9.17) is 9.47 Å². The van der Waals surface area contributed by atoms with Crippen molar-refractivity contribution in [1.82, 2.24) is 19.9 Å². The van der Waals surface area contributed by atoms with E-state index in [2.05, 4.69) is 83.1 Å². The molecule has 0 saturated carbocycles. The molecule has 0 spiro atoms. The Morgan fingerprint density at radius 2 is 1.67 bits per heavy atom. The van der Waals surface area contributed by atoms with Crippen molar-refractivity contribution in [2.75, 3.05) is 81.2 Å². The molecule has 10 heteroatoms. The van der Waals surface area contributed by atoms with Crippen LogP contribution in [-0.4, -0.2) is 85.5 Å². The monoisotopic (exact) mass is 525 g/mol. The first-order chi connectivity index (χ1) is 14.7. The molecule has 30 heavy (non-hydrogen) atoms. The van der Waals surface area contributed by atoms with E-state index in [1.165, 1.54) is 3.57 Å². The second-order valence-electron chi connectivity index (χ2n) is 7.35. The molecule has 0 radical (unpaired) electrons. The van der Waals surface area contributed by atoms with Gasteiger partial charge in [-0.1, -0.05) is 0 Å². The number of aryl methyl sites for hydroxylation is 1. The van der Waals surface area contributed by atoms with E-state index < -0.39 is 0 Å². The molecule has 162 valence electrons. The molecule has 0 bridgehead atoms. The Bertz CT molecular complexity index is 842. The molecule has 2 N–H and O–H groups in total. The first-order valence-electron chi connectivity index (χ1n) is 10.3. The van der Waals surface area contributed by atoms with Crippen molar-refractivity contribution in [3.63, 3.8) is 0 Å². The Morgan fingerprint density at radius 1 is 0.967 bits per heavy atom. The molecule has 0 aliphatic carbocycles. The second-order valence-corrected chi connectivity index (χ2v) is 8.59. The molecule has 1 aromatic heterocycles. The lowest BCUT2D eigenvalue weighted by Crippen LogP contribution is -2.39. The minimum atomic E-state index is 0.546. The van der Waals surface area contributed by atoms with Crippen LogP contribution < -0.4 is 15.5 Å². The van der Waals surface area contributed by atoms with Gasteiger partial charge in [-0.15, -0.1) is 0 Å². The van der Waals surface area contributed by atoms with Crippen molar-refractivity contribution in [1.29, 1.82) is 0 Å². The zero-order chi connectivity index (χ0) is 20.8. The van der Waals surface area contributed by atoms with Gasteiger partial charge in [0.2, 0.25) is 17.8 Å². The molecule has 2 aromatic rings. The zero-order valence-electron chi connectivity index (χ0n) is 17.2. The van der Waals surface area contributed by atoms with E-state index in [1.807, 2.05) is 0 Å². The highest BCUT2D eigenvalue weighted by Gasteiger charge is 2.17. The summed E-state index contributed by atoms with van der Waals surface area (Å²) in [7, 11) is 0. The van der Waals surface area contributed by atoms with Gasteiger partial charge < -0.3 is 25.0 Å². The molecule has 2 aliphatic rings. The molecule has 2 aliphatic heterocycles. The van der Waals surface area contributed by atoms with E-state index >= 15 is 0 Å². The fourth-order valence-corrected chi connectivity index (χ4v) is 4.09. The van der Waals surface area contributed by atoms with Crippen LogP contribution in [0.5, 0.6) is 0 Å². The highest BCUT2D eigenvalue weighted by molar-refractivity contribution is 14.1. The van der Waals surface area contributed by atoms with Gasteiger partial charge in [0.25, 0.3) is 0 Å². The number of hydrogen-bond acceptors (Lipinski definition) is 9. The Morgan fingerprint density at radius 3 is 2.40 bits per heavy atom. The van der Waals surface area contributed by atoms with Crippen LogP contribution in [0.1, 0.15) is 5.56 Å². The summed E-state index contributed by atoms with van der Waals surface area (Å²) >= 11 is 2.32. The van der Waals surface area contributed by atoms with Gasteiger partial charge in [-0.05, 0) is 53.3 Å². The SMILES string of the molecule is Cc1cc(I)ccc1Nc1nc(NCCN2CCOCC2)nc(N2CCOCC2)n1. The van der Waals surface area contributed by atoms with Crippen LogP contribution in [0.25, 0.3) is 0 Å². The average Bonchev–Trinajstić information content (AvgIpc) is 2.77. The fourth-order valence-electron chi connectivity index (χ4n) is 3.44. The average molecular weight is 525 g/mol. The first-order valence-corrected chi connectivity index (χ1v) is 11.4. The number of nitrogens with zero attached hydrogens (tertiary/aromatic N) is 5. The van der Waals surface area contributed by atoms with Crippen molar-refractivity contribution in [3.8, 4) is 0 Å². The van der Waals surface area contributed by atoms with E-state index in [1.54, 1.807) is 0 Å². The largest absolute Gasteiger partial charge is 0.379 e. The summed E-state index contributed by atoms with van der Waals surface area (Å²) < 4.78 is 12.1. The van der Waals surface area contributed by atoms with Gasteiger partial charge in [-0.25, -0.2) is 0 Å². The number of anilines is 4. The third-order valence-corrected chi connectivity index (χ3v) is 5.84. The number of hydrogen-bond donors (Lipinski definition) is 2. The van der Waals surface area contributed by atoms with E-state index in [9.17, 15) is 0 Å². The van der Waals surface area contributed by atoms with Gasteiger partial charge in [-0.2, -0.15) is 15.0 Å². The van der Waals surface area contributed by atoms with Crippen LogP contribution >= 0.6 is 22.6 Å². The molecule has 0 unspecified atom stereocenters. The molecule has 4 rings (SSSR count). The maximum Gasteiger partial charge on any atom is 0.233 e. The highest BCUT2D eigenvalue weighted by atomic mass is 127. The quantitative estimate of drug-likeness (QED) is 0.528. The molecule has 3 heterocycles. The molecule has 0 atom stereocenters. The molecule has 1 aromatic carbocycles. The fraction of sp³-hybridized carbons (Fsp3) is 0.550. The summed E-state index contributed by atoms with van der Waals surface area (Å²) in [4.78, 5) is 18.5. The Kier molecular flexibility index (Phi) is 7.52. The Labute approximate surface area is 190 Å². The predicted octanol–water partition coefficient (Wildman–Crippen LogP) is 2.11. The number of ether oxygens (including phenoxy) is 2. The number of benzene rings is 1. The normalized spacial score (nSPS) is 17.7. The lowest BCUT2D eigenvalue weighted by atomic mass is 10.2. The standard InChI is InChI=1S/C20H28IN7O2/c1-15-14-16(21)2-3-17(15)23-19-24-18(22-4-5-27-6-10-29-11-7-27)25-20(26-19)28-8-12-30-13-9-28/h2-3,14H,4-13H2,1H3,(H2,22,23,24,25,26). The smallest absolute Gasteiger partial charge is 0.233 e. The van der Waals surface area contributed by atoms with E-state index in [0.29, 0.717) is 31.1 Å². The predicted molar refractivity (Wildman–Crippen MR) is 126 cm³/mol. The van der Waals surface area contributed by atoms with Crippen LogP contribution in [-0.2, 0) is 9.47 Å². The maximum atomic E-state index is 5.48. The van der Waals surface area contributed by atoms with Crippen molar-refractivity contribution >= 4 is 46.1 Å². The molecule has 9 nitrogen and oxygen atoms in total. The lowest BCUT2D eigenvalue weighted by Gasteiger charge is -2.28. The van der Waals surface area contributed by atoms with E-state index in [0.717, 1.165) is 63.7 Å². The number of nitrogens with one attached hydrogen (secondary N) is 2. The van der Waals surface area contributed by atoms with Crippen LogP contribution in [0.4, 0.5) is 23.5 Å². The molecule has 2 saturated heterocycles. The van der Waals surface area contributed by atoms with Gasteiger partial charge >= 0.3 is 0 Å². The molecule has 0 amide bonds. The summed E-state index contributed by atoms with van der Waals surface area (Å²) in [6.45, 7) is 10.2. The van der Waals surface area contributed by atoms with Crippen LogP contribution in [0.15, 0.2) is 18.2 Å². The molecular weight excluding hydrogens is 497 g/mol. The van der Waals surface area contributed by atoms with Crippen LogP contribution in [0.3, 0.4) is 0 Å². The van der Waals surface area contributed by atoms with Gasteiger partial charge in [0, 0.05) is 48.5 Å². The number of aromatic nitrogens is 3. The Balaban J connectivity index is 1.49. The van der Waals surface area contributed by atoms with Gasteiger partial charge in [0.15, 0.2) is 0 Å². The highest BCUT2D eigenvalue weighted by Crippen LogP contribution is 2.22. The second kappa shape index (κ2) is 10.5. The van der Waals surface area contributed by atoms with E-state index in [-0.39, 0.29) is 0 Å². The molecular formula is C20H28IN7O2.